The van der Waals surface area contributed by atoms with Gasteiger partial charge in [0.2, 0.25) is 5.79 Å². The lowest BCUT2D eigenvalue weighted by Crippen LogP contribution is -2.81. The predicted octanol–water partition coefficient (Wildman–Crippen LogP) is 1.21. The summed E-state index contributed by atoms with van der Waals surface area (Å²) in [6.45, 7) is 5.46. The highest BCUT2D eigenvalue weighted by Gasteiger charge is 2.87. The number of fused-ring (bicyclic) bond motifs is 6. The third-order valence-electron chi connectivity index (χ3n) is 9.61. The van der Waals surface area contributed by atoms with Crippen LogP contribution in [-0.4, -0.2) is 64.1 Å². The largest absolute Gasteiger partial charge is 0.468 e. The lowest BCUT2D eigenvalue weighted by Gasteiger charge is -2.69. The number of ether oxygens (including phenoxy) is 3. The first-order chi connectivity index (χ1) is 15.4. The number of hydrogen-bond donors (Lipinski definition) is 3. The molecule has 3 aliphatic carbocycles. The number of rotatable bonds is 3. The Balaban J connectivity index is 1.79. The maximum absolute atomic E-state index is 12.3. The van der Waals surface area contributed by atoms with Crippen molar-refractivity contribution in [1.82, 2.24) is 0 Å². The Morgan fingerprint density at radius 1 is 1.15 bits per heavy atom. The molecule has 8 atom stereocenters. The number of aryl methyl sites for hydroxylation is 1. The molecule has 0 aromatic carbocycles. The number of carbonyl (C=O) groups excluding carboxylic acids is 2. The molecule has 9 heteroatoms. The molecule has 2 saturated carbocycles. The summed E-state index contributed by atoms with van der Waals surface area (Å²) >= 11 is 0. The van der Waals surface area contributed by atoms with Gasteiger partial charge in [-0.1, -0.05) is 6.92 Å². The molecule has 0 radical (unpaired) electrons. The van der Waals surface area contributed by atoms with Crippen molar-refractivity contribution < 1.29 is 43.5 Å². The number of carbonyl (C=O) groups is 2. The molecule has 0 amide bonds. The van der Waals surface area contributed by atoms with E-state index in [4.69, 9.17) is 18.6 Å². The van der Waals surface area contributed by atoms with Crippen LogP contribution in [0.1, 0.15) is 58.3 Å². The number of aliphatic hydroxyl groups is 3. The van der Waals surface area contributed by atoms with Crippen molar-refractivity contribution in [2.75, 3.05) is 13.2 Å². The highest BCUT2D eigenvalue weighted by molar-refractivity contribution is 5.67. The topological polar surface area (TPSA) is 136 Å². The minimum atomic E-state index is -2.04. The zero-order valence-corrected chi connectivity index (χ0v) is 19.4. The molecule has 4 aliphatic rings. The van der Waals surface area contributed by atoms with Crippen LogP contribution in [0.25, 0.3) is 0 Å². The molecule has 1 unspecified atom stereocenters. The Hall–Kier alpha value is -1.94. The van der Waals surface area contributed by atoms with Crippen LogP contribution in [0.15, 0.2) is 16.7 Å². The van der Waals surface area contributed by atoms with Crippen molar-refractivity contribution in [3.8, 4) is 0 Å². The Morgan fingerprint density at radius 3 is 2.48 bits per heavy atom. The van der Waals surface area contributed by atoms with Crippen LogP contribution in [-0.2, 0) is 35.6 Å². The maximum Gasteiger partial charge on any atom is 0.303 e. The van der Waals surface area contributed by atoms with Crippen molar-refractivity contribution in [3.63, 3.8) is 0 Å². The molecule has 1 aromatic rings. The highest BCUT2D eigenvalue weighted by Crippen LogP contribution is 2.76. The number of hydrogen-bond acceptors (Lipinski definition) is 9. The molecule has 2 bridgehead atoms. The van der Waals surface area contributed by atoms with Gasteiger partial charge in [0.15, 0.2) is 6.10 Å². The van der Waals surface area contributed by atoms with Crippen molar-refractivity contribution in [1.29, 1.82) is 0 Å². The second-order valence-corrected chi connectivity index (χ2v) is 10.6. The molecule has 1 aliphatic heterocycles. The SMILES string of the molecule is CC(=O)O[C@@H]1[C@]23CO[C@@]1(O)[C@]1(C)c4occc4CC[C@]1(C)[C@H]2CC[C@@H](OC(C)=O)C3(O)CO. The summed E-state index contributed by atoms with van der Waals surface area (Å²) in [6.07, 6.45) is 1.42. The average molecular weight is 465 g/mol. The molecule has 1 aromatic heterocycles. The summed E-state index contributed by atoms with van der Waals surface area (Å²) < 4.78 is 23.3. The normalized spacial score (nSPS) is 47.8. The van der Waals surface area contributed by atoms with E-state index in [9.17, 15) is 24.9 Å². The summed E-state index contributed by atoms with van der Waals surface area (Å²) in [5, 5.41) is 34.9. The van der Waals surface area contributed by atoms with E-state index in [2.05, 4.69) is 0 Å². The van der Waals surface area contributed by atoms with Gasteiger partial charge in [-0.2, -0.15) is 0 Å². The van der Waals surface area contributed by atoms with Crippen molar-refractivity contribution >= 4 is 11.9 Å². The predicted molar refractivity (Wildman–Crippen MR) is 112 cm³/mol. The van der Waals surface area contributed by atoms with Gasteiger partial charge in [0.1, 0.15) is 17.5 Å². The van der Waals surface area contributed by atoms with E-state index in [1.54, 1.807) is 6.26 Å². The smallest absolute Gasteiger partial charge is 0.303 e. The molecular weight excluding hydrogens is 432 g/mol. The van der Waals surface area contributed by atoms with Crippen LogP contribution in [0, 0.1) is 16.7 Å². The van der Waals surface area contributed by atoms with E-state index in [0.717, 1.165) is 5.56 Å². The third-order valence-corrected chi connectivity index (χ3v) is 9.61. The molecule has 2 heterocycles. The third kappa shape index (κ3) is 2.36. The van der Waals surface area contributed by atoms with Gasteiger partial charge in [-0.25, -0.2) is 0 Å². The molecule has 5 rings (SSSR count). The fourth-order valence-corrected chi connectivity index (χ4v) is 8.00. The Morgan fingerprint density at radius 2 is 1.85 bits per heavy atom. The monoisotopic (exact) mass is 464 g/mol. The zero-order chi connectivity index (χ0) is 24.0. The molecular formula is C24H32O9. The zero-order valence-electron chi connectivity index (χ0n) is 19.4. The molecule has 1 saturated heterocycles. The standard InChI is InChI=1S/C24H32O9/c1-13(26)32-17-6-5-16-20(3)9-7-15-8-10-30-18(15)21(20,4)24(29)19(33-14(2)27)22(16,12-31-24)23(17,28)11-25/h8,10,16-17,19,25,28-29H,5-7,9,11-12H2,1-4H3/t16-,17-,19-,20-,21-,22+,23?,24-/m1/s1. The van der Waals surface area contributed by atoms with E-state index in [1.165, 1.54) is 13.8 Å². The van der Waals surface area contributed by atoms with Gasteiger partial charge in [0, 0.05) is 13.8 Å². The molecule has 182 valence electrons. The van der Waals surface area contributed by atoms with Crippen LogP contribution >= 0.6 is 0 Å². The van der Waals surface area contributed by atoms with Gasteiger partial charge in [-0.15, -0.1) is 0 Å². The summed E-state index contributed by atoms with van der Waals surface area (Å²) in [5.74, 6) is -3.05. The number of aliphatic hydroxyl groups excluding tert-OH is 1. The first-order valence-corrected chi connectivity index (χ1v) is 11.5. The number of esters is 2. The van der Waals surface area contributed by atoms with Crippen molar-refractivity contribution in [2.24, 2.45) is 16.7 Å². The maximum atomic E-state index is 12.3. The van der Waals surface area contributed by atoms with Crippen LogP contribution in [0.5, 0.6) is 0 Å². The average Bonchev–Trinajstić information content (AvgIpc) is 3.32. The van der Waals surface area contributed by atoms with Crippen LogP contribution in [0.4, 0.5) is 0 Å². The Bertz CT molecular complexity index is 1000. The summed E-state index contributed by atoms with van der Waals surface area (Å²) in [4.78, 5) is 24.2. The Labute approximate surface area is 192 Å². The van der Waals surface area contributed by atoms with E-state index in [1.807, 2.05) is 19.9 Å². The summed E-state index contributed by atoms with van der Waals surface area (Å²) in [6, 6.07) is 1.88. The van der Waals surface area contributed by atoms with E-state index in [0.29, 0.717) is 31.4 Å². The second-order valence-electron chi connectivity index (χ2n) is 10.6. The molecule has 3 fully saturated rings. The van der Waals surface area contributed by atoms with E-state index < -0.39 is 58.4 Å². The minimum absolute atomic E-state index is 0.178. The van der Waals surface area contributed by atoms with Gasteiger partial charge in [-0.3, -0.25) is 9.59 Å². The summed E-state index contributed by atoms with van der Waals surface area (Å²) in [7, 11) is 0. The lowest BCUT2D eigenvalue weighted by molar-refractivity contribution is -0.347. The number of furan rings is 1. The fourth-order valence-electron chi connectivity index (χ4n) is 8.00. The van der Waals surface area contributed by atoms with Crippen molar-refractivity contribution in [2.45, 2.75) is 82.4 Å². The van der Waals surface area contributed by atoms with Gasteiger partial charge >= 0.3 is 11.9 Å². The van der Waals surface area contributed by atoms with Gasteiger partial charge < -0.3 is 33.9 Å². The molecule has 3 N–H and O–H groups in total. The molecule has 33 heavy (non-hydrogen) atoms. The van der Waals surface area contributed by atoms with Gasteiger partial charge in [0.05, 0.1) is 30.3 Å². The summed E-state index contributed by atoms with van der Waals surface area (Å²) in [5.41, 5.74) is -4.20. The minimum Gasteiger partial charge on any atom is -0.468 e. The van der Waals surface area contributed by atoms with Gasteiger partial charge in [0.25, 0.3) is 0 Å². The quantitative estimate of drug-likeness (QED) is 0.564. The second kappa shape index (κ2) is 6.81. The fraction of sp³-hybridized carbons (Fsp3) is 0.750. The first-order valence-electron chi connectivity index (χ1n) is 11.5. The first kappa shape index (κ1) is 22.8. The van der Waals surface area contributed by atoms with E-state index in [-0.39, 0.29) is 12.5 Å². The highest BCUT2D eigenvalue weighted by atomic mass is 16.7. The Kier molecular flexibility index (Phi) is 4.71. The molecule has 1 spiro atoms. The van der Waals surface area contributed by atoms with E-state index >= 15 is 0 Å². The van der Waals surface area contributed by atoms with Crippen LogP contribution in [0.2, 0.25) is 0 Å². The molecule has 9 nitrogen and oxygen atoms in total. The van der Waals surface area contributed by atoms with Gasteiger partial charge in [-0.05, 0) is 55.6 Å². The van der Waals surface area contributed by atoms with Crippen molar-refractivity contribution in [3.05, 3.63) is 23.7 Å². The van der Waals surface area contributed by atoms with Crippen LogP contribution in [0.3, 0.4) is 0 Å². The van der Waals surface area contributed by atoms with Crippen LogP contribution < -0.4 is 0 Å². The lowest BCUT2D eigenvalue weighted by atomic mass is 9.35.